The number of hydrogen-bond donors (Lipinski definition) is 3. The van der Waals surface area contributed by atoms with Crippen molar-refractivity contribution in [3.63, 3.8) is 0 Å². The van der Waals surface area contributed by atoms with E-state index in [4.69, 9.17) is 0 Å². The van der Waals surface area contributed by atoms with Crippen LogP contribution in [0.4, 0.5) is 20.6 Å². The van der Waals surface area contributed by atoms with Gasteiger partial charge in [-0.1, -0.05) is 31.2 Å². The van der Waals surface area contributed by atoms with Gasteiger partial charge in [0, 0.05) is 67.7 Å². The summed E-state index contributed by atoms with van der Waals surface area (Å²) >= 11 is 0. The molecular formula is C34H41FN6O4S. The van der Waals surface area contributed by atoms with E-state index in [-0.39, 0.29) is 16.4 Å². The summed E-state index contributed by atoms with van der Waals surface area (Å²) in [5.41, 5.74) is 4.48. The molecule has 46 heavy (non-hydrogen) atoms. The van der Waals surface area contributed by atoms with Crippen LogP contribution >= 0.6 is 0 Å². The van der Waals surface area contributed by atoms with Crippen molar-refractivity contribution in [3.8, 4) is 0 Å². The highest BCUT2D eigenvalue weighted by Crippen LogP contribution is 2.30. The Hall–Kier alpha value is -4.42. The number of fused-ring (bicyclic) bond motifs is 1. The third-order valence-corrected chi connectivity index (χ3v) is 9.59. The van der Waals surface area contributed by atoms with E-state index in [1.807, 2.05) is 63.3 Å². The van der Waals surface area contributed by atoms with E-state index >= 15 is 0 Å². The molecule has 0 aliphatic carbocycles. The standard InChI is InChI=1S/C34H41FN6O4S/c1-22-18-25(35)11-12-30(22)40-14-16-41(17-15-40)34(43)38-32(23(2)27-20-36-28-9-7-6-8-26(27)28)33(42)37-29-19-24(21-39(3)4)10-13-31(29)46(5,44)45/h6-13,18-20,23,32,36H,14-17,21H2,1-5H3,(H,37,42)(H,38,43). The molecular weight excluding hydrogens is 607 g/mol. The normalized spacial score (nSPS) is 15.2. The SMILES string of the molecule is Cc1cc(F)ccc1N1CCN(C(=O)NC(C(=O)Nc2cc(CN(C)C)ccc2S(C)(=O)=O)C(C)c2c[nH]c3ccccc23)CC1. The second-order valence-electron chi connectivity index (χ2n) is 12.2. The van der Waals surface area contributed by atoms with Crippen molar-refractivity contribution in [2.24, 2.45) is 0 Å². The van der Waals surface area contributed by atoms with Crippen LogP contribution in [0.15, 0.2) is 71.8 Å². The van der Waals surface area contributed by atoms with Crippen LogP contribution in [0.1, 0.15) is 29.5 Å². The van der Waals surface area contributed by atoms with Crippen LogP contribution in [-0.2, 0) is 21.2 Å². The van der Waals surface area contributed by atoms with E-state index in [1.165, 1.54) is 18.2 Å². The van der Waals surface area contributed by atoms with Crippen molar-refractivity contribution >= 4 is 44.1 Å². The number of aromatic amines is 1. The summed E-state index contributed by atoms with van der Waals surface area (Å²) in [6, 6.07) is 15.9. The molecule has 1 aromatic heterocycles. The van der Waals surface area contributed by atoms with Crippen LogP contribution in [0, 0.1) is 12.7 Å². The number of aromatic nitrogens is 1. The first-order valence-corrected chi connectivity index (χ1v) is 17.1. The maximum atomic E-state index is 14.1. The number of carbonyl (C=O) groups is 2. The van der Waals surface area contributed by atoms with Crippen molar-refractivity contribution in [1.29, 1.82) is 0 Å². The topological polar surface area (TPSA) is 118 Å². The molecule has 0 spiro atoms. The Morgan fingerprint density at radius 1 is 1.02 bits per heavy atom. The fraction of sp³-hybridized carbons (Fsp3) is 0.353. The lowest BCUT2D eigenvalue weighted by molar-refractivity contribution is -0.118. The van der Waals surface area contributed by atoms with E-state index in [2.05, 4.69) is 20.5 Å². The first-order chi connectivity index (χ1) is 21.8. The largest absolute Gasteiger partial charge is 0.368 e. The zero-order valence-electron chi connectivity index (χ0n) is 26.8. The average Bonchev–Trinajstić information content (AvgIpc) is 3.43. The van der Waals surface area contributed by atoms with Gasteiger partial charge in [0.1, 0.15) is 11.9 Å². The van der Waals surface area contributed by atoms with Crippen LogP contribution in [0.2, 0.25) is 0 Å². The van der Waals surface area contributed by atoms with Crippen molar-refractivity contribution in [1.82, 2.24) is 20.1 Å². The first-order valence-electron chi connectivity index (χ1n) is 15.2. The number of nitrogens with zero attached hydrogens (tertiary/aromatic N) is 3. The molecule has 0 bridgehead atoms. The van der Waals surface area contributed by atoms with Gasteiger partial charge in [-0.2, -0.15) is 0 Å². The minimum atomic E-state index is -3.67. The van der Waals surface area contributed by atoms with Crippen LogP contribution in [0.3, 0.4) is 0 Å². The smallest absolute Gasteiger partial charge is 0.318 e. The van der Waals surface area contributed by atoms with Gasteiger partial charge >= 0.3 is 6.03 Å². The lowest BCUT2D eigenvalue weighted by Gasteiger charge is -2.37. The molecule has 1 fully saturated rings. The van der Waals surface area contributed by atoms with Crippen LogP contribution < -0.4 is 15.5 Å². The van der Waals surface area contributed by atoms with E-state index in [1.54, 1.807) is 23.1 Å². The Morgan fingerprint density at radius 2 is 1.74 bits per heavy atom. The van der Waals surface area contributed by atoms with Gasteiger partial charge in [-0.3, -0.25) is 4.79 Å². The van der Waals surface area contributed by atoms with Gasteiger partial charge in [-0.05, 0) is 74.1 Å². The predicted molar refractivity (Wildman–Crippen MR) is 180 cm³/mol. The number of amides is 3. The molecule has 2 atom stereocenters. The van der Waals surface area contributed by atoms with Crippen LogP contribution in [0.5, 0.6) is 0 Å². The second kappa shape index (κ2) is 13.5. The van der Waals surface area contributed by atoms with Crippen molar-refractivity contribution in [2.45, 2.75) is 37.2 Å². The number of aryl methyl sites for hydroxylation is 1. The highest BCUT2D eigenvalue weighted by molar-refractivity contribution is 7.90. The summed E-state index contributed by atoms with van der Waals surface area (Å²) in [7, 11) is 0.131. The number of benzene rings is 3. The van der Waals surface area contributed by atoms with Gasteiger partial charge in [0.05, 0.1) is 10.6 Å². The van der Waals surface area contributed by atoms with Gasteiger partial charge in [0.15, 0.2) is 9.84 Å². The highest BCUT2D eigenvalue weighted by Gasteiger charge is 2.33. The van der Waals surface area contributed by atoms with Gasteiger partial charge in [-0.15, -0.1) is 0 Å². The summed E-state index contributed by atoms with van der Waals surface area (Å²) in [6.07, 6.45) is 2.94. The van der Waals surface area contributed by atoms with Gasteiger partial charge in [0.25, 0.3) is 0 Å². The molecule has 1 aliphatic rings. The predicted octanol–water partition coefficient (Wildman–Crippen LogP) is 4.72. The quantitative estimate of drug-likeness (QED) is 0.242. The maximum absolute atomic E-state index is 14.1. The van der Waals surface area contributed by atoms with E-state index in [9.17, 15) is 22.4 Å². The molecule has 2 unspecified atom stereocenters. The molecule has 0 saturated carbocycles. The molecule has 244 valence electrons. The molecule has 1 aliphatic heterocycles. The number of para-hydroxylation sites is 1. The fourth-order valence-electron chi connectivity index (χ4n) is 6.09. The number of carbonyl (C=O) groups excluding carboxylic acids is 2. The van der Waals surface area contributed by atoms with Crippen molar-refractivity contribution in [3.05, 3.63) is 89.4 Å². The zero-order valence-corrected chi connectivity index (χ0v) is 27.6. The Kier molecular flexibility index (Phi) is 9.68. The van der Waals surface area contributed by atoms with Gasteiger partial charge in [0.2, 0.25) is 5.91 Å². The molecule has 2 heterocycles. The summed E-state index contributed by atoms with van der Waals surface area (Å²) in [5.74, 6) is -1.30. The number of H-pyrrole nitrogens is 1. The van der Waals surface area contributed by atoms with Gasteiger partial charge in [-0.25, -0.2) is 17.6 Å². The Balaban J connectivity index is 1.41. The number of urea groups is 1. The Bertz CT molecular complexity index is 1850. The number of piperazine rings is 1. The summed E-state index contributed by atoms with van der Waals surface area (Å²) < 4.78 is 39.0. The molecule has 12 heteroatoms. The van der Waals surface area contributed by atoms with E-state index in [0.717, 1.165) is 39.5 Å². The summed E-state index contributed by atoms with van der Waals surface area (Å²) in [5, 5.41) is 6.75. The first kappa shape index (κ1) is 33.0. The summed E-state index contributed by atoms with van der Waals surface area (Å²) in [4.78, 5) is 36.8. The number of hydrogen-bond acceptors (Lipinski definition) is 6. The lowest BCUT2D eigenvalue weighted by Crippen LogP contribution is -2.56. The molecule has 1 saturated heterocycles. The van der Waals surface area contributed by atoms with Crippen LogP contribution in [0.25, 0.3) is 10.9 Å². The van der Waals surface area contributed by atoms with Crippen LogP contribution in [-0.4, -0.2) is 87.7 Å². The third kappa shape index (κ3) is 7.34. The molecule has 10 nitrogen and oxygen atoms in total. The van der Waals surface area contributed by atoms with E-state index < -0.39 is 33.7 Å². The molecule has 3 aromatic carbocycles. The molecule has 0 radical (unpaired) electrons. The fourth-order valence-corrected chi connectivity index (χ4v) is 6.91. The minimum Gasteiger partial charge on any atom is -0.368 e. The molecule has 5 rings (SSSR count). The third-order valence-electron chi connectivity index (χ3n) is 8.44. The minimum absolute atomic E-state index is 0.000360. The number of anilines is 2. The lowest BCUT2D eigenvalue weighted by atomic mass is 9.92. The van der Waals surface area contributed by atoms with Crippen molar-refractivity contribution in [2.75, 3.05) is 56.7 Å². The monoisotopic (exact) mass is 648 g/mol. The molecule has 4 aromatic rings. The second-order valence-corrected chi connectivity index (χ2v) is 14.2. The van der Waals surface area contributed by atoms with Crippen molar-refractivity contribution < 1.29 is 22.4 Å². The number of halogens is 1. The zero-order chi connectivity index (χ0) is 33.2. The number of sulfone groups is 1. The Labute approximate surface area is 269 Å². The van der Waals surface area contributed by atoms with Gasteiger partial charge < -0.3 is 30.3 Å². The average molecular weight is 649 g/mol. The maximum Gasteiger partial charge on any atom is 0.318 e. The highest BCUT2D eigenvalue weighted by atomic mass is 32.2. The van der Waals surface area contributed by atoms with E-state index in [0.29, 0.717) is 32.7 Å². The summed E-state index contributed by atoms with van der Waals surface area (Å²) in [6.45, 7) is 6.18. The number of nitrogens with one attached hydrogen (secondary N) is 3. The molecule has 3 N–H and O–H groups in total. The Morgan fingerprint density at radius 3 is 2.41 bits per heavy atom. The molecule has 3 amide bonds. The number of rotatable bonds is 9.